The van der Waals surface area contributed by atoms with Crippen LogP contribution in [0.15, 0.2) is 29.1 Å². The summed E-state index contributed by atoms with van der Waals surface area (Å²) >= 11 is 0. The molecule has 1 unspecified atom stereocenters. The van der Waals surface area contributed by atoms with Crippen LogP contribution in [0.1, 0.15) is 53.8 Å². The van der Waals surface area contributed by atoms with E-state index >= 15 is 0 Å². The first-order chi connectivity index (χ1) is 9.65. The van der Waals surface area contributed by atoms with Crippen molar-refractivity contribution in [3.8, 4) is 0 Å². The van der Waals surface area contributed by atoms with Crippen LogP contribution in [0.5, 0.6) is 0 Å². The van der Waals surface area contributed by atoms with E-state index in [0.29, 0.717) is 17.9 Å². The number of hydrogen-bond donors (Lipinski definition) is 1. The van der Waals surface area contributed by atoms with E-state index < -0.39 is 0 Å². The molecule has 5 nitrogen and oxygen atoms in total. The molecule has 0 bridgehead atoms. The fourth-order valence-corrected chi connectivity index (χ4v) is 2.00. The maximum atomic E-state index is 12.2. The van der Waals surface area contributed by atoms with Crippen molar-refractivity contribution < 1.29 is 9.21 Å². The summed E-state index contributed by atoms with van der Waals surface area (Å²) in [7, 11) is 0. The summed E-state index contributed by atoms with van der Waals surface area (Å²) in [5, 5.41) is 2.96. The summed E-state index contributed by atoms with van der Waals surface area (Å²) in [5.41, 5.74) is 2.31. The third kappa shape index (κ3) is 3.04. The third-order valence-electron chi connectivity index (χ3n) is 3.18. The summed E-state index contributed by atoms with van der Waals surface area (Å²) < 4.78 is 5.18. The van der Waals surface area contributed by atoms with Crippen LogP contribution in [0.3, 0.4) is 0 Å². The van der Waals surface area contributed by atoms with Crippen LogP contribution in [0.25, 0.3) is 0 Å². The van der Waals surface area contributed by atoms with Gasteiger partial charge in [0.05, 0.1) is 11.7 Å². The molecule has 0 spiro atoms. The van der Waals surface area contributed by atoms with E-state index in [-0.39, 0.29) is 11.9 Å². The summed E-state index contributed by atoms with van der Waals surface area (Å²) in [4.78, 5) is 20.6. The van der Waals surface area contributed by atoms with Crippen molar-refractivity contribution in [3.63, 3.8) is 0 Å². The minimum atomic E-state index is -0.218. The first kappa shape index (κ1) is 14.2. The number of carbonyl (C=O) groups is 1. The van der Waals surface area contributed by atoms with Gasteiger partial charge in [0.15, 0.2) is 12.1 Å². The second-order valence-corrected chi connectivity index (χ2v) is 4.67. The molecule has 1 atom stereocenters. The van der Waals surface area contributed by atoms with Gasteiger partial charge < -0.3 is 9.73 Å². The molecule has 0 saturated carbocycles. The SMILES string of the molecule is CCc1ocnc1C(=O)NC(CC)c1ccc(C)cn1. The molecule has 0 aliphatic rings. The van der Waals surface area contributed by atoms with Gasteiger partial charge in [-0.2, -0.15) is 0 Å². The standard InChI is InChI=1S/C15H19N3O2/c1-4-11(12-7-6-10(3)8-16-12)18-15(19)14-13(5-2)20-9-17-14/h6-9,11H,4-5H2,1-3H3,(H,18,19). The van der Waals surface area contributed by atoms with E-state index in [1.807, 2.05) is 32.9 Å². The molecule has 0 saturated heterocycles. The van der Waals surface area contributed by atoms with E-state index in [4.69, 9.17) is 4.42 Å². The number of nitrogens with zero attached hydrogens (tertiary/aromatic N) is 2. The minimum absolute atomic E-state index is 0.121. The van der Waals surface area contributed by atoms with Crippen LogP contribution in [0, 0.1) is 6.92 Å². The van der Waals surface area contributed by atoms with Gasteiger partial charge in [-0.15, -0.1) is 0 Å². The molecule has 5 heteroatoms. The Bertz CT molecular complexity index is 575. The molecule has 2 aromatic heterocycles. The van der Waals surface area contributed by atoms with Crippen molar-refractivity contribution in [1.29, 1.82) is 0 Å². The van der Waals surface area contributed by atoms with Crippen molar-refractivity contribution >= 4 is 5.91 Å². The Kier molecular flexibility index (Phi) is 4.50. The van der Waals surface area contributed by atoms with Crippen molar-refractivity contribution in [3.05, 3.63) is 47.4 Å². The fourth-order valence-electron chi connectivity index (χ4n) is 2.00. The number of rotatable bonds is 5. The third-order valence-corrected chi connectivity index (χ3v) is 3.18. The average Bonchev–Trinajstić information content (AvgIpc) is 2.94. The monoisotopic (exact) mass is 273 g/mol. The molecule has 106 valence electrons. The lowest BCUT2D eigenvalue weighted by Gasteiger charge is -2.16. The van der Waals surface area contributed by atoms with Gasteiger partial charge in [-0.25, -0.2) is 4.98 Å². The number of pyridine rings is 1. The predicted octanol–water partition coefficient (Wildman–Crippen LogP) is 2.82. The van der Waals surface area contributed by atoms with Gasteiger partial charge in [-0.05, 0) is 25.0 Å². The quantitative estimate of drug-likeness (QED) is 0.909. The van der Waals surface area contributed by atoms with Crippen LogP contribution < -0.4 is 5.32 Å². The molecule has 0 radical (unpaired) electrons. The average molecular weight is 273 g/mol. The highest BCUT2D eigenvalue weighted by Crippen LogP contribution is 2.16. The maximum absolute atomic E-state index is 12.2. The predicted molar refractivity (Wildman–Crippen MR) is 75.4 cm³/mol. The first-order valence-corrected chi connectivity index (χ1v) is 6.81. The van der Waals surface area contributed by atoms with E-state index in [1.165, 1.54) is 6.39 Å². The number of amides is 1. The van der Waals surface area contributed by atoms with Gasteiger partial charge in [0.1, 0.15) is 5.76 Å². The van der Waals surface area contributed by atoms with Crippen LogP contribution >= 0.6 is 0 Å². The zero-order chi connectivity index (χ0) is 14.5. The van der Waals surface area contributed by atoms with Crippen molar-refractivity contribution in [1.82, 2.24) is 15.3 Å². The molecule has 0 aliphatic carbocycles. The van der Waals surface area contributed by atoms with Gasteiger partial charge in [-0.1, -0.05) is 19.9 Å². The Balaban J connectivity index is 2.14. The van der Waals surface area contributed by atoms with Gasteiger partial charge in [0, 0.05) is 12.6 Å². The number of nitrogens with one attached hydrogen (secondary N) is 1. The minimum Gasteiger partial charge on any atom is -0.448 e. The van der Waals surface area contributed by atoms with Crippen LogP contribution in [0.4, 0.5) is 0 Å². The number of aromatic nitrogens is 2. The Morgan fingerprint density at radius 3 is 2.75 bits per heavy atom. The highest BCUT2D eigenvalue weighted by atomic mass is 16.3. The zero-order valence-corrected chi connectivity index (χ0v) is 12.0. The number of hydrogen-bond acceptors (Lipinski definition) is 4. The summed E-state index contributed by atoms with van der Waals surface area (Å²) in [5.74, 6) is 0.388. The smallest absolute Gasteiger partial charge is 0.274 e. The van der Waals surface area contributed by atoms with Crippen molar-refractivity contribution in [2.24, 2.45) is 0 Å². The Hall–Kier alpha value is -2.17. The Morgan fingerprint density at radius 1 is 1.35 bits per heavy atom. The molecule has 20 heavy (non-hydrogen) atoms. The Morgan fingerprint density at radius 2 is 2.15 bits per heavy atom. The number of carbonyl (C=O) groups excluding carboxylic acids is 1. The highest BCUT2D eigenvalue weighted by molar-refractivity contribution is 5.93. The van der Waals surface area contributed by atoms with E-state index in [1.54, 1.807) is 6.20 Å². The second kappa shape index (κ2) is 6.32. The summed E-state index contributed by atoms with van der Waals surface area (Å²) in [6.07, 6.45) is 4.51. The topological polar surface area (TPSA) is 68.0 Å². The molecule has 0 aromatic carbocycles. The van der Waals surface area contributed by atoms with Crippen LogP contribution in [0.2, 0.25) is 0 Å². The second-order valence-electron chi connectivity index (χ2n) is 4.67. The first-order valence-electron chi connectivity index (χ1n) is 6.81. The van der Waals surface area contributed by atoms with E-state index in [2.05, 4.69) is 15.3 Å². The zero-order valence-electron chi connectivity index (χ0n) is 12.0. The lowest BCUT2D eigenvalue weighted by molar-refractivity contribution is 0.0928. The van der Waals surface area contributed by atoms with Crippen molar-refractivity contribution in [2.75, 3.05) is 0 Å². The van der Waals surface area contributed by atoms with Crippen LogP contribution in [-0.4, -0.2) is 15.9 Å². The van der Waals surface area contributed by atoms with Gasteiger partial charge in [-0.3, -0.25) is 9.78 Å². The number of aryl methyl sites for hydroxylation is 2. The molecule has 0 fully saturated rings. The number of oxazole rings is 1. The van der Waals surface area contributed by atoms with Crippen molar-refractivity contribution in [2.45, 2.75) is 39.7 Å². The molecule has 0 aliphatic heterocycles. The van der Waals surface area contributed by atoms with E-state index in [9.17, 15) is 4.79 Å². The molecular formula is C15H19N3O2. The lowest BCUT2D eigenvalue weighted by Crippen LogP contribution is -2.29. The highest BCUT2D eigenvalue weighted by Gasteiger charge is 2.19. The summed E-state index contributed by atoms with van der Waals surface area (Å²) in [6.45, 7) is 5.92. The van der Waals surface area contributed by atoms with Gasteiger partial charge >= 0.3 is 0 Å². The fraction of sp³-hybridized carbons (Fsp3) is 0.400. The summed E-state index contributed by atoms with van der Waals surface area (Å²) in [6, 6.07) is 3.81. The van der Waals surface area contributed by atoms with Gasteiger partial charge in [0.25, 0.3) is 5.91 Å². The molecule has 1 N–H and O–H groups in total. The normalized spacial score (nSPS) is 12.2. The Labute approximate surface area is 118 Å². The van der Waals surface area contributed by atoms with Gasteiger partial charge in [0.2, 0.25) is 0 Å². The molecule has 1 amide bonds. The largest absolute Gasteiger partial charge is 0.448 e. The maximum Gasteiger partial charge on any atom is 0.274 e. The van der Waals surface area contributed by atoms with Crippen LogP contribution in [-0.2, 0) is 6.42 Å². The molecule has 2 rings (SSSR count). The van der Waals surface area contributed by atoms with E-state index in [0.717, 1.165) is 17.7 Å². The molecular weight excluding hydrogens is 254 g/mol. The lowest BCUT2D eigenvalue weighted by atomic mass is 10.1. The molecule has 2 heterocycles. The molecule has 2 aromatic rings.